The van der Waals surface area contributed by atoms with E-state index >= 15 is 0 Å². The molecule has 0 aliphatic carbocycles. The van der Waals surface area contributed by atoms with E-state index in [1.165, 1.54) is 0 Å². The van der Waals surface area contributed by atoms with Gasteiger partial charge in [-0.1, -0.05) is 34.8 Å². The molecule has 0 unspecified atom stereocenters. The minimum atomic E-state index is -1.24. The van der Waals surface area contributed by atoms with Crippen molar-refractivity contribution >= 4 is 58.1 Å². The molecule has 1 aromatic rings. The normalized spacial score (nSPS) is 12.3. The van der Waals surface area contributed by atoms with Crippen LogP contribution in [-0.4, -0.2) is 28.4 Å². The van der Waals surface area contributed by atoms with Gasteiger partial charge in [0.15, 0.2) is 10.6 Å². The molecule has 0 bridgehead atoms. The number of carbonyl (C=O) groups is 2. The molecule has 0 aromatic heterocycles. The lowest BCUT2D eigenvalue weighted by Gasteiger charge is -2.15. The van der Waals surface area contributed by atoms with E-state index in [4.69, 9.17) is 46.4 Å². The molecule has 1 N–H and O–H groups in total. The summed E-state index contributed by atoms with van der Waals surface area (Å²) in [6, 6.07) is 5.38. The van der Waals surface area contributed by atoms with Crippen molar-refractivity contribution in [3.63, 3.8) is 0 Å². The van der Waals surface area contributed by atoms with Gasteiger partial charge in [-0.2, -0.15) is 0 Å². The van der Waals surface area contributed by atoms with Crippen LogP contribution in [0, 0.1) is 0 Å². The number of nitrogens with one attached hydrogen (secondary N) is 1. The van der Waals surface area contributed by atoms with Gasteiger partial charge in [0.2, 0.25) is 0 Å². The van der Waals surface area contributed by atoms with E-state index in [9.17, 15) is 9.59 Å². The highest BCUT2D eigenvalue weighted by atomic mass is 35.5. The van der Waals surface area contributed by atoms with Crippen molar-refractivity contribution in [2.75, 3.05) is 5.88 Å². The molecule has 0 saturated heterocycles. The molecular formula is C11H9Cl4NO2. The van der Waals surface area contributed by atoms with E-state index in [2.05, 4.69) is 5.32 Å². The highest BCUT2D eigenvalue weighted by Gasteiger charge is 2.23. The summed E-state index contributed by atoms with van der Waals surface area (Å²) in [7, 11) is 0. The fourth-order valence-electron chi connectivity index (χ4n) is 1.22. The second-order valence-corrected chi connectivity index (χ2v) is 5.23. The first-order valence-electron chi connectivity index (χ1n) is 4.90. The summed E-state index contributed by atoms with van der Waals surface area (Å²) in [4.78, 5) is 22.1. The van der Waals surface area contributed by atoms with E-state index in [-0.39, 0.29) is 11.7 Å². The Morgan fingerprint density at radius 2 is 1.72 bits per heavy atom. The predicted octanol–water partition coefficient (Wildman–Crippen LogP) is 3.05. The summed E-state index contributed by atoms with van der Waals surface area (Å²) in [5.41, 5.74) is 0.394. The van der Waals surface area contributed by atoms with Crippen LogP contribution < -0.4 is 5.32 Å². The number of hydrogen-bond acceptors (Lipinski definition) is 2. The van der Waals surface area contributed by atoms with Crippen molar-refractivity contribution in [3.8, 4) is 0 Å². The van der Waals surface area contributed by atoms with E-state index < -0.39 is 16.8 Å². The average molecular weight is 329 g/mol. The third-order valence-electron chi connectivity index (χ3n) is 2.11. The second kappa shape index (κ2) is 7.19. The van der Waals surface area contributed by atoms with Gasteiger partial charge in [0.25, 0.3) is 5.91 Å². The van der Waals surface area contributed by atoms with Crippen molar-refractivity contribution in [3.05, 3.63) is 34.9 Å². The molecule has 1 amide bonds. The van der Waals surface area contributed by atoms with Crippen LogP contribution in [0.3, 0.4) is 0 Å². The van der Waals surface area contributed by atoms with Crippen LogP contribution in [0.15, 0.2) is 24.3 Å². The van der Waals surface area contributed by atoms with Crippen LogP contribution in [0.1, 0.15) is 10.4 Å². The first-order valence-corrected chi connectivity index (χ1v) is 6.68. The second-order valence-electron chi connectivity index (χ2n) is 3.39. The Balaban J connectivity index is 2.79. The standard InChI is InChI=1S/C11H9Cl4NO2/c12-5-8(16-11(18)10(14)15)9(17)6-1-3-7(13)4-2-6/h1-4,8,10H,5H2,(H,16,18)/t8-/m0/s1. The van der Waals surface area contributed by atoms with Gasteiger partial charge >= 0.3 is 0 Å². The van der Waals surface area contributed by atoms with Gasteiger partial charge in [0.05, 0.1) is 5.88 Å². The molecule has 0 spiro atoms. The van der Waals surface area contributed by atoms with Crippen LogP contribution in [0.25, 0.3) is 0 Å². The highest BCUT2D eigenvalue weighted by Crippen LogP contribution is 2.12. The molecule has 0 heterocycles. The number of carbonyl (C=O) groups excluding carboxylic acids is 2. The summed E-state index contributed by atoms with van der Waals surface area (Å²) in [6.45, 7) is 0. The fraction of sp³-hybridized carbons (Fsp3) is 0.273. The minimum Gasteiger partial charge on any atom is -0.342 e. The lowest BCUT2D eigenvalue weighted by molar-refractivity contribution is -0.119. The molecule has 3 nitrogen and oxygen atoms in total. The smallest absolute Gasteiger partial charge is 0.253 e. The lowest BCUT2D eigenvalue weighted by Crippen LogP contribution is -2.44. The van der Waals surface area contributed by atoms with Crippen molar-refractivity contribution < 1.29 is 9.59 Å². The van der Waals surface area contributed by atoms with Gasteiger partial charge in [-0.3, -0.25) is 9.59 Å². The molecule has 0 aliphatic heterocycles. The number of ketones is 1. The zero-order valence-electron chi connectivity index (χ0n) is 9.00. The summed E-state index contributed by atoms with van der Waals surface area (Å²) in [5, 5.41) is 2.88. The Labute approximate surface area is 124 Å². The maximum atomic E-state index is 12.0. The maximum Gasteiger partial charge on any atom is 0.253 e. The monoisotopic (exact) mass is 327 g/mol. The maximum absolute atomic E-state index is 12.0. The molecule has 1 rings (SSSR count). The van der Waals surface area contributed by atoms with E-state index in [1.807, 2.05) is 0 Å². The SMILES string of the molecule is O=C(N[C@@H](CCl)C(=O)c1ccc(Cl)cc1)C(Cl)Cl. The molecule has 1 aromatic carbocycles. The fourth-order valence-corrected chi connectivity index (χ4v) is 1.69. The Hall–Kier alpha value is -0.480. The molecule has 0 aliphatic rings. The number of alkyl halides is 3. The van der Waals surface area contributed by atoms with E-state index in [0.717, 1.165) is 0 Å². The number of Topliss-reactive ketones (excluding diaryl/α,β-unsaturated/α-hetero) is 1. The predicted molar refractivity (Wildman–Crippen MR) is 73.9 cm³/mol. The van der Waals surface area contributed by atoms with Gasteiger partial charge in [0.1, 0.15) is 6.04 Å². The van der Waals surface area contributed by atoms with Crippen LogP contribution in [0.5, 0.6) is 0 Å². The van der Waals surface area contributed by atoms with Crippen LogP contribution in [-0.2, 0) is 4.79 Å². The largest absolute Gasteiger partial charge is 0.342 e. The Kier molecular flexibility index (Phi) is 6.22. The van der Waals surface area contributed by atoms with Crippen molar-refractivity contribution in [2.24, 2.45) is 0 Å². The molecule has 98 valence electrons. The number of benzene rings is 1. The number of halogens is 4. The first kappa shape index (κ1) is 15.6. The van der Waals surface area contributed by atoms with Gasteiger partial charge in [-0.15, -0.1) is 11.6 Å². The third-order valence-corrected chi connectivity index (χ3v) is 3.07. The van der Waals surface area contributed by atoms with Crippen molar-refractivity contribution in [1.29, 1.82) is 0 Å². The lowest BCUT2D eigenvalue weighted by atomic mass is 10.1. The zero-order valence-corrected chi connectivity index (χ0v) is 12.0. The molecule has 7 heteroatoms. The zero-order chi connectivity index (χ0) is 13.7. The summed E-state index contributed by atoms with van der Waals surface area (Å²) >= 11 is 22.1. The van der Waals surface area contributed by atoms with Gasteiger partial charge in [0, 0.05) is 10.6 Å². The molecule has 0 fully saturated rings. The molecule has 1 atom stereocenters. The van der Waals surface area contributed by atoms with E-state index in [0.29, 0.717) is 10.6 Å². The van der Waals surface area contributed by atoms with E-state index in [1.54, 1.807) is 24.3 Å². The van der Waals surface area contributed by atoms with Crippen LogP contribution in [0.4, 0.5) is 0 Å². The Bertz CT molecular complexity index is 433. The van der Waals surface area contributed by atoms with Crippen molar-refractivity contribution in [2.45, 2.75) is 10.9 Å². The summed E-state index contributed by atoms with van der Waals surface area (Å²) < 4.78 is 0. The van der Waals surface area contributed by atoms with Gasteiger partial charge in [-0.05, 0) is 24.3 Å². The average Bonchev–Trinajstić information content (AvgIpc) is 2.35. The number of rotatable bonds is 5. The molecule has 0 radical (unpaired) electrons. The first-order chi connectivity index (χ1) is 8.45. The number of amides is 1. The quantitative estimate of drug-likeness (QED) is 0.667. The minimum absolute atomic E-state index is 0.0757. The van der Waals surface area contributed by atoms with Crippen molar-refractivity contribution in [1.82, 2.24) is 5.32 Å². The molecule has 0 saturated carbocycles. The third kappa shape index (κ3) is 4.32. The van der Waals surface area contributed by atoms with Gasteiger partial charge in [-0.25, -0.2) is 0 Å². The Morgan fingerprint density at radius 1 is 1.17 bits per heavy atom. The highest BCUT2D eigenvalue weighted by molar-refractivity contribution is 6.53. The van der Waals surface area contributed by atoms with Crippen LogP contribution in [0.2, 0.25) is 5.02 Å². The van der Waals surface area contributed by atoms with Crippen LogP contribution >= 0.6 is 46.4 Å². The summed E-state index contributed by atoms with van der Waals surface area (Å²) in [6.07, 6.45) is 0. The van der Waals surface area contributed by atoms with Gasteiger partial charge < -0.3 is 5.32 Å². The molecular weight excluding hydrogens is 320 g/mol. The number of hydrogen-bond donors (Lipinski definition) is 1. The topological polar surface area (TPSA) is 46.2 Å². The summed E-state index contributed by atoms with van der Waals surface area (Å²) in [5.74, 6) is -1.07. The molecule has 18 heavy (non-hydrogen) atoms. The Morgan fingerprint density at radius 3 is 2.17 bits per heavy atom.